The molecule has 1 atom stereocenters. The summed E-state index contributed by atoms with van der Waals surface area (Å²) in [5.41, 5.74) is 5.22. The van der Waals surface area contributed by atoms with Gasteiger partial charge in [-0.1, -0.05) is 92.7 Å². The van der Waals surface area contributed by atoms with Crippen LogP contribution < -0.4 is 20.9 Å². The molecule has 12 heteroatoms. The van der Waals surface area contributed by atoms with E-state index in [1.165, 1.54) is 0 Å². The molecule has 1 aliphatic heterocycles. The lowest BCUT2D eigenvalue weighted by atomic mass is 10.0. The molecule has 2 aromatic heterocycles. The molecule has 0 saturated carbocycles. The Labute approximate surface area is 338 Å². The number of benzene rings is 4. The van der Waals surface area contributed by atoms with Gasteiger partial charge in [-0.15, -0.1) is 0 Å². The maximum absolute atomic E-state index is 14.1. The van der Waals surface area contributed by atoms with Gasteiger partial charge in [-0.2, -0.15) is 0 Å². The number of fused-ring (bicyclic) bond motifs is 8. The maximum atomic E-state index is 14.1. The van der Waals surface area contributed by atoms with E-state index in [1.807, 2.05) is 116 Å². The van der Waals surface area contributed by atoms with Gasteiger partial charge < -0.3 is 30.0 Å². The molecule has 0 unspecified atom stereocenters. The number of Topliss-reactive ketones (excluding diaryl/α,β-unsaturated/α-hetero) is 1. The quantitative estimate of drug-likeness (QED) is 0.157. The number of amides is 3. The highest BCUT2D eigenvalue weighted by atomic mass is 16.2. The standard InChI is InChI=1S/C46H48N8O4/c1-28(2)39-42-49-40(30(5)53(42)25-32-15-9-7-10-16-32)44(57)47-36-21-13-19-34(23-36)38(55)27-52(29(3)4)46-51-41(31(6)54(46)26-33-17-11-8-12-18-33)45(58)48-37-22-14-20-35(24-37)43(56)50-39/h7-24,28-29,39H,25-27H2,1-6H3,(H,47,57)(H,48,58)(H,50,56)/t39-/m0/s1. The van der Waals surface area contributed by atoms with E-state index in [-0.39, 0.29) is 41.6 Å². The van der Waals surface area contributed by atoms with Crippen molar-refractivity contribution in [3.05, 3.63) is 160 Å². The Morgan fingerprint density at radius 2 is 1.14 bits per heavy atom. The van der Waals surface area contributed by atoms with Crippen molar-refractivity contribution in [3.63, 3.8) is 0 Å². The molecule has 7 rings (SSSR count). The van der Waals surface area contributed by atoms with E-state index in [9.17, 15) is 19.2 Å². The number of nitrogens with zero attached hydrogens (tertiary/aromatic N) is 5. The number of rotatable bonds is 6. The summed E-state index contributed by atoms with van der Waals surface area (Å²) in [5.74, 6) is -0.583. The molecule has 3 amide bonds. The van der Waals surface area contributed by atoms with Crippen molar-refractivity contribution in [1.82, 2.24) is 24.4 Å². The van der Waals surface area contributed by atoms with E-state index in [0.29, 0.717) is 58.8 Å². The summed E-state index contributed by atoms with van der Waals surface area (Å²) in [4.78, 5) is 68.1. The summed E-state index contributed by atoms with van der Waals surface area (Å²) in [6.07, 6.45) is 0. The van der Waals surface area contributed by atoms with Gasteiger partial charge in [-0.3, -0.25) is 19.2 Å². The first-order valence-electron chi connectivity index (χ1n) is 19.5. The molecule has 0 saturated heterocycles. The molecule has 0 fully saturated rings. The first-order chi connectivity index (χ1) is 27.9. The molecule has 4 aromatic carbocycles. The van der Waals surface area contributed by atoms with Crippen LogP contribution in [0.3, 0.4) is 0 Å². The molecule has 3 heterocycles. The van der Waals surface area contributed by atoms with Crippen LogP contribution in [-0.4, -0.2) is 55.2 Å². The summed E-state index contributed by atoms with van der Waals surface area (Å²) in [7, 11) is 0. The molecule has 1 aliphatic rings. The molecule has 58 heavy (non-hydrogen) atoms. The first kappa shape index (κ1) is 39.4. The normalized spacial score (nSPS) is 15.1. The van der Waals surface area contributed by atoms with Crippen molar-refractivity contribution in [3.8, 4) is 0 Å². The molecule has 8 bridgehead atoms. The zero-order chi connectivity index (χ0) is 41.1. The topological polar surface area (TPSA) is 143 Å². The number of anilines is 3. The molecular weight excluding hydrogens is 729 g/mol. The van der Waals surface area contributed by atoms with Gasteiger partial charge in [0.15, 0.2) is 11.5 Å². The Bertz CT molecular complexity index is 2310. The summed E-state index contributed by atoms with van der Waals surface area (Å²) in [6.45, 7) is 12.4. The Balaban J connectivity index is 1.35. The van der Waals surface area contributed by atoms with Crippen LogP contribution >= 0.6 is 0 Å². The highest BCUT2D eigenvalue weighted by Gasteiger charge is 2.30. The molecule has 3 N–H and O–H groups in total. The molecule has 12 nitrogen and oxygen atoms in total. The highest BCUT2D eigenvalue weighted by molar-refractivity contribution is 6.06. The van der Waals surface area contributed by atoms with Gasteiger partial charge in [0.2, 0.25) is 5.95 Å². The Kier molecular flexibility index (Phi) is 11.4. The Morgan fingerprint density at radius 1 is 0.621 bits per heavy atom. The minimum absolute atomic E-state index is 0.0402. The monoisotopic (exact) mass is 776 g/mol. The van der Waals surface area contributed by atoms with Crippen molar-refractivity contribution >= 4 is 40.8 Å². The van der Waals surface area contributed by atoms with E-state index >= 15 is 0 Å². The number of nitrogens with one attached hydrogen (secondary N) is 3. The first-order valence-corrected chi connectivity index (χ1v) is 19.5. The fourth-order valence-electron chi connectivity index (χ4n) is 7.26. The summed E-state index contributed by atoms with van der Waals surface area (Å²) in [5, 5.41) is 9.12. The third-order valence-corrected chi connectivity index (χ3v) is 10.5. The van der Waals surface area contributed by atoms with E-state index in [1.54, 1.807) is 48.5 Å². The fraction of sp³-hybridized carbons (Fsp3) is 0.261. The van der Waals surface area contributed by atoms with Gasteiger partial charge in [0, 0.05) is 46.5 Å². The van der Waals surface area contributed by atoms with E-state index < -0.39 is 17.9 Å². The second kappa shape index (κ2) is 16.7. The van der Waals surface area contributed by atoms with Crippen molar-refractivity contribution < 1.29 is 19.2 Å². The molecule has 0 spiro atoms. The van der Waals surface area contributed by atoms with Crippen molar-refractivity contribution in [2.45, 2.75) is 66.7 Å². The van der Waals surface area contributed by atoms with Crippen LogP contribution in [0.4, 0.5) is 17.3 Å². The molecule has 6 aromatic rings. The molecule has 0 aliphatic carbocycles. The predicted molar refractivity (Wildman–Crippen MR) is 226 cm³/mol. The van der Waals surface area contributed by atoms with Crippen LogP contribution in [0.1, 0.15) is 104 Å². The minimum atomic E-state index is -0.591. The van der Waals surface area contributed by atoms with Crippen molar-refractivity contribution in [2.75, 3.05) is 22.1 Å². The van der Waals surface area contributed by atoms with Gasteiger partial charge in [0.1, 0.15) is 11.5 Å². The summed E-state index contributed by atoms with van der Waals surface area (Å²) >= 11 is 0. The molecule has 296 valence electrons. The SMILES string of the molecule is Cc1c2nc(n1Cc1ccccc1)[C@H](C(C)C)NC(=O)c1cccc(c1)NC(=O)c1nc(n(Cc3ccccc3)c1C)N(C(C)C)CC(=O)c1cccc(c1)NC2=O. The number of ketones is 1. The number of imidazole rings is 2. The Hall–Kier alpha value is -6.82. The van der Waals surface area contributed by atoms with Crippen LogP contribution in [0.2, 0.25) is 0 Å². The fourth-order valence-corrected chi connectivity index (χ4v) is 7.26. The van der Waals surface area contributed by atoms with Gasteiger partial charge in [-0.05, 0) is 75.1 Å². The largest absolute Gasteiger partial charge is 0.342 e. The van der Waals surface area contributed by atoms with E-state index in [4.69, 9.17) is 9.97 Å². The van der Waals surface area contributed by atoms with Crippen LogP contribution in [0.25, 0.3) is 0 Å². The summed E-state index contributed by atoms with van der Waals surface area (Å²) < 4.78 is 3.92. The number of hydrogen-bond acceptors (Lipinski definition) is 7. The van der Waals surface area contributed by atoms with E-state index in [2.05, 4.69) is 16.0 Å². The second-order valence-corrected chi connectivity index (χ2v) is 15.3. The van der Waals surface area contributed by atoms with Crippen molar-refractivity contribution in [2.24, 2.45) is 5.92 Å². The molecule has 0 radical (unpaired) electrons. The zero-order valence-corrected chi connectivity index (χ0v) is 33.6. The average Bonchev–Trinajstić information content (AvgIpc) is 3.71. The summed E-state index contributed by atoms with van der Waals surface area (Å²) in [6, 6.07) is 32.5. The lowest BCUT2D eigenvalue weighted by Crippen LogP contribution is -2.38. The van der Waals surface area contributed by atoms with Crippen molar-refractivity contribution in [1.29, 1.82) is 0 Å². The number of carbonyl (C=O) groups excluding carboxylic acids is 4. The highest BCUT2D eigenvalue weighted by Crippen LogP contribution is 2.29. The smallest absolute Gasteiger partial charge is 0.276 e. The minimum Gasteiger partial charge on any atom is -0.342 e. The van der Waals surface area contributed by atoms with Gasteiger partial charge in [-0.25, -0.2) is 9.97 Å². The Morgan fingerprint density at radius 3 is 1.71 bits per heavy atom. The average molecular weight is 777 g/mol. The van der Waals surface area contributed by atoms with Crippen LogP contribution in [0, 0.1) is 19.8 Å². The van der Waals surface area contributed by atoms with Gasteiger partial charge in [0.05, 0.1) is 19.1 Å². The third-order valence-electron chi connectivity index (χ3n) is 10.5. The maximum Gasteiger partial charge on any atom is 0.276 e. The number of hydrogen-bond donors (Lipinski definition) is 3. The molecular formula is C46H48N8O4. The number of carbonyl (C=O) groups is 4. The van der Waals surface area contributed by atoms with Crippen LogP contribution in [-0.2, 0) is 13.1 Å². The zero-order valence-electron chi connectivity index (χ0n) is 33.6. The second-order valence-electron chi connectivity index (χ2n) is 15.3. The number of aromatic nitrogens is 4. The lowest BCUT2D eigenvalue weighted by molar-refractivity contribution is 0.0920. The van der Waals surface area contributed by atoms with Crippen LogP contribution in [0.15, 0.2) is 109 Å². The van der Waals surface area contributed by atoms with Crippen LogP contribution in [0.5, 0.6) is 0 Å². The van der Waals surface area contributed by atoms with E-state index in [0.717, 1.165) is 11.1 Å². The van der Waals surface area contributed by atoms with Gasteiger partial charge >= 0.3 is 0 Å². The predicted octanol–water partition coefficient (Wildman–Crippen LogP) is 7.84. The van der Waals surface area contributed by atoms with Gasteiger partial charge in [0.25, 0.3) is 17.7 Å². The third kappa shape index (κ3) is 8.31. The lowest BCUT2D eigenvalue weighted by Gasteiger charge is -2.28.